The van der Waals surface area contributed by atoms with Gasteiger partial charge in [-0.15, -0.1) is 0 Å². The molecular weight excluding hydrogens is 174 g/mol. The third-order valence-corrected chi connectivity index (χ3v) is 1.33. The number of halogens is 2. The van der Waals surface area contributed by atoms with E-state index in [1.807, 2.05) is 0 Å². The van der Waals surface area contributed by atoms with E-state index in [-0.39, 0.29) is 6.42 Å². The Morgan fingerprint density at radius 2 is 2.08 bits per heavy atom. The minimum absolute atomic E-state index is 0.0951. The smallest absolute Gasteiger partial charge is 0.397 e. The highest BCUT2D eigenvalue weighted by Gasteiger charge is 2.48. The van der Waals surface area contributed by atoms with Gasteiger partial charge in [-0.05, 0) is 0 Å². The number of alkyl halides is 1. The second-order valence-corrected chi connectivity index (χ2v) is 2.22. The van der Waals surface area contributed by atoms with Gasteiger partial charge >= 0.3 is 17.6 Å². The van der Waals surface area contributed by atoms with Crippen molar-refractivity contribution in [1.29, 1.82) is 0 Å². The van der Waals surface area contributed by atoms with Crippen LogP contribution in [0.4, 0.5) is 8.92 Å². The fourth-order valence-electron chi connectivity index (χ4n) is 0.702. The SMILES string of the molecule is CCCC(F)(C(=O)O)C(=O)OF. The van der Waals surface area contributed by atoms with Gasteiger partial charge < -0.3 is 5.11 Å². The second kappa shape index (κ2) is 3.99. The first kappa shape index (κ1) is 10.8. The zero-order valence-electron chi connectivity index (χ0n) is 6.34. The Kier molecular flexibility index (Phi) is 3.59. The summed E-state index contributed by atoms with van der Waals surface area (Å²) < 4.78 is 24.2. The van der Waals surface area contributed by atoms with Crippen molar-refractivity contribution in [2.45, 2.75) is 25.4 Å². The predicted molar refractivity (Wildman–Crippen MR) is 33.6 cm³/mol. The number of hydrogen-bond acceptors (Lipinski definition) is 3. The van der Waals surface area contributed by atoms with E-state index in [1.54, 1.807) is 0 Å². The van der Waals surface area contributed by atoms with E-state index >= 15 is 0 Å². The highest BCUT2D eigenvalue weighted by atomic mass is 19.3. The third-order valence-electron chi connectivity index (χ3n) is 1.33. The molecule has 0 rings (SSSR count). The minimum Gasteiger partial charge on any atom is -0.478 e. The summed E-state index contributed by atoms with van der Waals surface area (Å²) in [5.74, 6) is -4.05. The summed E-state index contributed by atoms with van der Waals surface area (Å²) in [5.41, 5.74) is -3.26. The molecule has 0 bridgehead atoms. The van der Waals surface area contributed by atoms with Crippen LogP contribution in [0.25, 0.3) is 0 Å². The van der Waals surface area contributed by atoms with Gasteiger partial charge in [-0.25, -0.2) is 14.0 Å². The molecule has 4 nitrogen and oxygen atoms in total. The number of carbonyl (C=O) groups excluding carboxylic acids is 1. The number of rotatable bonds is 4. The first-order valence-electron chi connectivity index (χ1n) is 3.24. The number of carboxylic acid groups (broad SMARTS) is 1. The molecule has 12 heavy (non-hydrogen) atoms. The Morgan fingerprint density at radius 3 is 2.33 bits per heavy atom. The lowest BCUT2D eigenvalue weighted by Gasteiger charge is -2.13. The maximum absolute atomic E-state index is 13.0. The normalized spacial score (nSPS) is 14.9. The molecule has 1 atom stereocenters. The molecule has 6 heteroatoms. The van der Waals surface area contributed by atoms with Gasteiger partial charge in [-0.1, -0.05) is 13.3 Å². The highest BCUT2D eigenvalue weighted by Crippen LogP contribution is 2.20. The average Bonchev–Trinajstić information content (AvgIpc) is 2.03. The van der Waals surface area contributed by atoms with Crippen LogP contribution in [0.1, 0.15) is 19.8 Å². The summed E-state index contributed by atoms with van der Waals surface area (Å²) in [5, 5.41) is 8.22. The molecule has 0 aromatic carbocycles. The molecule has 70 valence electrons. The Balaban J connectivity index is 4.61. The molecule has 0 amide bonds. The Bertz CT molecular complexity index is 194. The molecule has 0 aromatic rings. The van der Waals surface area contributed by atoms with Gasteiger partial charge in [0, 0.05) is 10.9 Å². The topological polar surface area (TPSA) is 63.6 Å². The van der Waals surface area contributed by atoms with E-state index in [2.05, 4.69) is 4.94 Å². The number of carbonyl (C=O) groups is 2. The lowest BCUT2D eigenvalue weighted by atomic mass is 10.0. The quantitative estimate of drug-likeness (QED) is 0.659. The van der Waals surface area contributed by atoms with Crippen molar-refractivity contribution in [2.75, 3.05) is 0 Å². The molecule has 0 heterocycles. The molecule has 0 aliphatic heterocycles. The molecule has 0 aromatic heterocycles. The van der Waals surface area contributed by atoms with Crippen LogP contribution in [0.3, 0.4) is 0 Å². The summed E-state index contributed by atoms with van der Waals surface area (Å²) in [6.45, 7) is 1.46. The standard InChI is InChI=1S/C6H8F2O4/c1-2-3-6(7,4(9)10)5(11)12-8/h2-3H2,1H3,(H,9,10). The first-order chi connectivity index (χ1) is 5.49. The van der Waals surface area contributed by atoms with Crippen LogP contribution in [0.5, 0.6) is 0 Å². The van der Waals surface area contributed by atoms with Crippen LogP contribution in [0.2, 0.25) is 0 Å². The van der Waals surface area contributed by atoms with E-state index in [4.69, 9.17) is 5.11 Å². The van der Waals surface area contributed by atoms with Gasteiger partial charge in [0.15, 0.2) is 0 Å². The maximum Gasteiger partial charge on any atom is 0.397 e. The zero-order valence-corrected chi connectivity index (χ0v) is 6.34. The van der Waals surface area contributed by atoms with Crippen molar-refractivity contribution in [2.24, 2.45) is 0 Å². The summed E-state index contributed by atoms with van der Waals surface area (Å²) in [7, 11) is 0. The van der Waals surface area contributed by atoms with Gasteiger partial charge in [-0.3, -0.25) is 4.94 Å². The van der Waals surface area contributed by atoms with Crippen LogP contribution in [0.15, 0.2) is 0 Å². The lowest BCUT2D eigenvalue weighted by molar-refractivity contribution is -0.203. The molecule has 0 saturated heterocycles. The summed E-state index contributed by atoms with van der Waals surface area (Å²) >= 11 is 0. The fraction of sp³-hybridized carbons (Fsp3) is 0.667. The van der Waals surface area contributed by atoms with Crippen LogP contribution >= 0.6 is 0 Å². The van der Waals surface area contributed by atoms with Crippen LogP contribution in [-0.4, -0.2) is 22.7 Å². The van der Waals surface area contributed by atoms with E-state index in [1.165, 1.54) is 6.92 Å². The lowest BCUT2D eigenvalue weighted by Crippen LogP contribution is -2.42. The zero-order chi connectivity index (χ0) is 9.78. The Morgan fingerprint density at radius 1 is 1.58 bits per heavy atom. The highest BCUT2D eigenvalue weighted by molar-refractivity contribution is 6.02. The van der Waals surface area contributed by atoms with E-state index in [9.17, 15) is 18.5 Å². The van der Waals surface area contributed by atoms with Crippen molar-refractivity contribution in [3.63, 3.8) is 0 Å². The van der Waals surface area contributed by atoms with E-state index in [0.29, 0.717) is 0 Å². The number of carboxylic acids is 1. The summed E-state index contributed by atoms with van der Waals surface area (Å²) in [6, 6.07) is 0. The van der Waals surface area contributed by atoms with Crippen molar-refractivity contribution < 1.29 is 28.6 Å². The fourth-order valence-corrected chi connectivity index (χ4v) is 0.702. The van der Waals surface area contributed by atoms with Crippen LogP contribution in [-0.2, 0) is 14.5 Å². The van der Waals surface area contributed by atoms with Crippen molar-refractivity contribution in [1.82, 2.24) is 0 Å². The number of aliphatic carboxylic acids is 1. The molecule has 0 aliphatic rings. The monoisotopic (exact) mass is 182 g/mol. The summed E-state index contributed by atoms with van der Waals surface area (Å²) in [6.07, 6.45) is -0.511. The Labute approximate surface area is 67.0 Å². The molecule has 0 spiro atoms. The van der Waals surface area contributed by atoms with Crippen molar-refractivity contribution in [3.8, 4) is 0 Å². The molecule has 1 N–H and O–H groups in total. The molecule has 0 fully saturated rings. The maximum atomic E-state index is 13.0. The summed E-state index contributed by atoms with van der Waals surface area (Å²) in [4.78, 5) is 23.0. The third kappa shape index (κ3) is 1.90. The van der Waals surface area contributed by atoms with Crippen molar-refractivity contribution in [3.05, 3.63) is 0 Å². The number of hydrogen-bond donors (Lipinski definition) is 1. The molecular formula is C6H8F2O4. The first-order valence-corrected chi connectivity index (χ1v) is 3.24. The van der Waals surface area contributed by atoms with Gasteiger partial charge in [0.25, 0.3) is 0 Å². The predicted octanol–water partition coefficient (Wildman–Crippen LogP) is 1.01. The largest absolute Gasteiger partial charge is 0.478 e. The van der Waals surface area contributed by atoms with Gasteiger partial charge in [0.05, 0.1) is 0 Å². The average molecular weight is 182 g/mol. The van der Waals surface area contributed by atoms with Gasteiger partial charge in [0.1, 0.15) is 0 Å². The van der Waals surface area contributed by atoms with Gasteiger partial charge in [-0.2, -0.15) is 0 Å². The van der Waals surface area contributed by atoms with E-state index < -0.39 is 24.0 Å². The van der Waals surface area contributed by atoms with Gasteiger partial charge in [0.2, 0.25) is 0 Å². The van der Waals surface area contributed by atoms with E-state index in [0.717, 1.165) is 0 Å². The second-order valence-electron chi connectivity index (χ2n) is 2.22. The van der Waals surface area contributed by atoms with Crippen LogP contribution in [0, 0.1) is 0 Å². The van der Waals surface area contributed by atoms with Crippen LogP contribution < -0.4 is 0 Å². The van der Waals surface area contributed by atoms with Crippen molar-refractivity contribution >= 4 is 11.9 Å². The molecule has 0 aliphatic carbocycles. The molecule has 0 saturated carbocycles. The minimum atomic E-state index is -3.26. The molecule has 0 radical (unpaired) electrons. The Hall–Kier alpha value is -1.20. The molecule has 1 unspecified atom stereocenters.